The maximum atomic E-state index is 13.2. The van der Waals surface area contributed by atoms with E-state index in [0.29, 0.717) is 12.1 Å². The van der Waals surface area contributed by atoms with Crippen molar-refractivity contribution < 1.29 is 27.1 Å². The minimum absolute atomic E-state index is 0.0924. The summed E-state index contributed by atoms with van der Waals surface area (Å²) in [6, 6.07) is 1.00. The lowest BCUT2D eigenvalue weighted by Gasteiger charge is -2.12. The molecule has 0 atom stereocenters. The van der Waals surface area contributed by atoms with E-state index in [1.54, 1.807) is 0 Å². The van der Waals surface area contributed by atoms with Gasteiger partial charge in [-0.05, 0) is 19.1 Å². The fourth-order valence-corrected chi connectivity index (χ4v) is 1.50. The number of rotatable bonds is 2. The summed E-state index contributed by atoms with van der Waals surface area (Å²) >= 11 is 5.37. The number of carbonyl (C=O) groups is 1. The van der Waals surface area contributed by atoms with E-state index in [2.05, 4.69) is 4.74 Å². The molecule has 7 heteroatoms. The first-order valence-corrected chi connectivity index (χ1v) is 4.89. The Hall–Kier alpha value is -1.30. The van der Waals surface area contributed by atoms with E-state index in [0.717, 1.165) is 0 Å². The molecule has 0 unspecified atom stereocenters. The number of hydrogen-bond donors (Lipinski definition) is 0. The van der Waals surface area contributed by atoms with Crippen LogP contribution in [0.3, 0.4) is 0 Å². The molecule has 1 aromatic rings. The molecule has 0 aliphatic heterocycles. The molecule has 0 spiro atoms. The maximum absolute atomic E-state index is 13.2. The highest BCUT2D eigenvalue weighted by Gasteiger charge is 2.36. The van der Waals surface area contributed by atoms with E-state index in [4.69, 9.17) is 11.6 Å². The van der Waals surface area contributed by atoms with Crippen molar-refractivity contribution in [1.82, 2.24) is 0 Å². The van der Waals surface area contributed by atoms with Gasteiger partial charge in [0, 0.05) is 0 Å². The fraction of sp³-hybridized carbons (Fsp3) is 0.300. The lowest BCUT2D eigenvalue weighted by atomic mass is 10.1. The minimum Gasteiger partial charge on any atom is -0.462 e. The average molecular weight is 271 g/mol. The van der Waals surface area contributed by atoms with E-state index in [1.165, 1.54) is 6.92 Å². The van der Waals surface area contributed by atoms with E-state index in [-0.39, 0.29) is 6.61 Å². The molecular formula is C10H7ClF4O2. The third kappa shape index (κ3) is 2.88. The Kier molecular flexibility index (Phi) is 3.98. The van der Waals surface area contributed by atoms with Crippen molar-refractivity contribution in [2.24, 2.45) is 0 Å². The second kappa shape index (κ2) is 4.91. The molecule has 0 heterocycles. The molecular weight excluding hydrogens is 264 g/mol. The van der Waals surface area contributed by atoms with Crippen molar-refractivity contribution >= 4 is 17.6 Å². The first-order valence-electron chi connectivity index (χ1n) is 4.51. The second-order valence-electron chi connectivity index (χ2n) is 3.00. The summed E-state index contributed by atoms with van der Waals surface area (Å²) in [5.74, 6) is -2.37. The molecule has 17 heavy (non-hydrogen) atoms. The SMILES string of the molecule is CCOC(=O)c1c(F)ccc(C(F)(F)F)c1Cl. The third-order valence-electron chi connectivity index (χ3n) is 1.88. The summed E-state index contributed by atoms with van der Waals surface area (Å²) < 4.78 is 55.0. The van der Waals surface area contributed by atoms with Gasteiger partial charge in [-0.25, -0.2) is 9.18 Å². The first kappa shape index (κ1) is 13.8. The van der Waals surface area contributed by atoms with E-state index in [1.807, 2.05) is 0 Å². The van der Waals surface area contributed by atoms with E-state index < -0.39 is 34.1 Å². The summed E-state index contributed by atoms with van der Waals surface area (Å²) in [6.07, 6.45) is -4.76. The van der Waals surface area contributed by atoms with Crippen LogP contribution in [0.5, 0.6) is 0 Å². The lowest BCUT2D eigenvalue weighted by molar-refractivity contribution is -0.137. The van der Waals surface area contributed by atoms with Crippen molar-refractivity contribution in [2.45, 2.75) is 13.1 Å². The Bertz CT molecular complexity index is 443. The molecule has 0 saturated heterocycles. The predicted molar refractivity (Wildman–Crippen MR) is 52.4 cm³/mol. The monoisotopic (exact) mass is 270 g/mol. The molecule has 0 radical (unpaired) electrons. The summed E-state index contributed by atoms with van der Waals surface area (Å²) in [5, 5.41) is -0.990. The Balaban J connectivity index is 3.35. The van der Waals surface area contributed by atoms with Crippen molar-refractivity contribution in [3.05, 3.63) is 34.1 Å². The van der Waals surface area contributed by atoms with Crippen LogP contribution in [0.25, 0.3) is 0 Å². The molecule has 0 aromatic heterocycles. The molecule has 94 valence electrons. The number of benzene rings is 1. The molecule has 0 fully saturated rings. The van der Waals surface area contributed by atoms with Crippen LogP contribution in [-0.4, -0.2) is 12.6 Å². The summed E-state index contributed by atoms with van der Waals surface area (Å²) in [7, 11) is 0. The fourth-order valence-electron chi connectivity index (χ4n) is 1.16. The van der Waals surface area contributed by atoms with Gasteiger partial charge in [-0.1, -0.05) is 11.6 Å². The Morgan fingerprint density at radius 1 is 1.41 bits per heavy atom. The van der Waals surface area contributed by atoms with Gasteiger partial charge in [-0.2, -0.15) is 13.2 Å². The number of alkyl halides is 3. The highest BCUT2D eigenvalue weighted by molar-refractivity contribution is 6.34. The predicted octanol–water partition coefficient (Wildman–Crippen LogP) is 3.67. The van der Waals surface area contributed by atoms with Gasteiger partial charge >= 0.3 is 12.1 Å². The van der Waals surface area contributed by atoms with Gasteiger partial charge in [-0.15, -0.1) is 0 Å². The smallest absolute Gasteiger partial charge is 0.417 e. The highest BCUT2D eigenvalue weighted by Crippen LogP contribution is 2.37. The molecule has 0 amide bonds. The molecule has 2 nitrogen and oxygen atoms in total. The number of halogens is 5. The van der Waals surface area contributed by atoms with Crippen molar-refractivity contribution in [1.29, 1.82) is 0 Å². The molecule has 0 aliphatic carbocycles. The molecule has 0 N–H and O–H groups in total. The van der Waals surface area contributed by atoms with Crippen molar-refractivity contribution in [3.63, 3.8) is 0 Å². The van der Waals surface area contributed by atoms with Gasteiger partial charge in [0.15, 0.2) is 0 Å². The van der Waals surface area contributed by atoms with Crippen LogP contribution in [0.4, 0.5) is 17.6 Å². The number of hydrogen-bond acceptors (Lipinski definition) is 2. The standard InChI is InChI=1S/C10H7ClF4O2/c1-2-17-9(16)7-6(12)4-3-5(8(7)11)10(13,14)15/h3-4H,2H2,1H3. The second-order valence-corrected chi connectivity index (χ2v) is 3.38. The van der Waals surface area contributed by atoms with Gasteiger partial charge in [0.2, 0.25) is 0 Å². The number of carbonyl (C=O) groups excluding carboxylic acids is 1. The Labute approximate surface area is 99.1 Å². The molecule has 1 aromatic carbocycles. The van der Waals surface area contributed by atoms with Crippen LogP contribution in [0.15, 0.2) is 12.1 Å². The summed E-state index contributed by atoms with van der Waals surface area (Å²) in [6.45, 7) is 1.35. The molecule has 0 saturated carbocycles. The number of ether oxygens (including phenoxy) is 1. The van der Waals surface area contributed by atoms with Crippen LogP contribution in [0.1, 0.15) is 22.8 Å². The third-order valence-corrected chi connectivity index (χ3v) is 2.27. The zero-order chi connectivity index (χ0) is 13.2. The summed E-state index contributed by atoms with van der Waals surface area (Å²) in [5.41, 5.74) is -2.17. The maximum Gasteiger partial charge on any atom is 0.417 e. The van der Waals surface area contributed by atoms with Gasteiger partial charge in [0.05, 0.1) is 17.2 Å². The quantitative estimate of drug-likeness (QED) is 0.605. The molecule has 0 bridgehead atoms. The van der Waals surface area contributed by atoms with Crippen LogP contribution >= 0.6 is 11.6 Å². The largest absolute Gasteiger partial charge is 0.462 e. The van der Waals surface area contributed by atoms with Gasteiger partial charge in [0.25, 0.3) is 0 Å². The Morgan fingerprint density at radius 2 is 2.00 bits per heavy atom. The zero-order valence-electron chi connectivity index (χ0n) is 8.57. The summed E-state index contributed by atoms with van der Waals surface area (Å²) in [4.78, 5) is 11.3. The van der Waals surface area contributed by atoms with Crippen LogP contribution in [0, 0.1) is 5.82 Å². The van der Waals surface area contributed by atoms with Gasteiger partial charge in [-0.3, -0.25) is 0 Å². The van der Waals surface area contributed by atoms with Crippen molar-refractivity contribution in [3.8, 4) is 0 Å². The minimum atomic E-state index is -4.76. The van der Waals surface area contributed by atoms with E-state index in [9.17, 15) is 22.4 Å². The highest BCUT2D eigenvalue weighted by atomic mass is 35.5. The van der Waals surface area contributed by atoms with Crippen LogP contribution in [-0.2, 0) is 10.9 Å². The Morgan fingerprint density at radius 3 is 2.47 bits per heavy atom. The van der Waals surface area contributed by atoms with Gasteiger partial charge in [0.1, 0.15) is 11.4 Å². The zero-order valence-corrected chi connectivity index (χ0v) is 9.32. The first-order chi connectivity index (χ1) is 7.79. The molecule has 0 aliphatic rings. The van der Waals surface area contributed by atoms with E-state index >= 15 is 0 Å². The van der Waals surface area contributed by atoms with Crippen molar-refractivity contribution in [2.75, 3.05) is 6.61 Å². The van der Waals surface area contributed by atoms with Gasteiger partial charge < -0.3 is 4.74 Å². The number of esters is 1. The van der Waals surface area contributed by atoms with Crippen LogP contribution < -0.4 is 0 Å². The van der Waals surface area contributed by atoms with Crippen LogP contribution in [0.2, 0.25) is 5.02 Å². The average Bonchev–Trinajstić information content (AvgIpc) is 2.15. The normalized spacial score (nSPS) is 11.4. The lowest BCUT2D eigenvalue weighted by Crippen LogP contribution is -2.13. The topological polar surface area (TPSA) is 26.3 Å². The molecule has 1 rings (SSSR count).